The second kappa shape index (κ2) is 7.25. The lowest BCUT2D eigenvalue weighted by Gasteiger charge is -2.40. The molecule has 1 heterocycles. The first kappa shape index (κ1) is 13.9. The summed E-state index contributed by atoms with van der Waals surface area (Å²) in [5, 5.41) is 3.62. The lowest BCUT2D eigenvalue weighted by molar-refractivity contribution is 0.0355. The topological polar surface area (TPSA) is 24.5 Å². The van der Waals surface area contributed by atoms with E-state index in [-0.39, 0.29) is 0 Å². The number of hydrogen-bond donors (Lipinski definition) is 1. The van der Waals surface area contributed by atoms with Crippen LogP contribution in [0, 0.1) is 0 Å². The van der Waals surface area contributed by atoms with Crippen LogP contribution in [0.5, 0.6) is 0 Å². The SMILES string of the molecule is CCC1CN(CCOC(C)C)C(CC)CN1. The molecule has 3 heteroatoms. The minimum Gasteiger partial charge on any atom is -0.377 e. The van der Waals surface area contributed by atoms with Crippen molar-refractivity contribution in [1.82, 2.24) is 10.2 Å². The first-order chi connectivity index (χ1) is 7.67. The monoisotopic (exact) mass is 228 g/mol. The molecule has 0 bridgehead atoms. The molecule has 0 amide bonds. The molecule has 3 nitrogen and oxygen atoms in total. The van der Waals surface area contributed by atoms with E-state index >= 15 is 0 Å². The van der Waals surface area contributed by atoms with Crippen molar-refractivity contribution < 1.29 is 4.74 Å². The minimum atomic E-state index is 0.352. The molecule has 0 saturated carbocycles. The van der Waals surface area contributed by atoms with Gasteiger partial charge in [-0.25, -0.2) is 0 Å². The van der Waals surface area contributed by atoms with Crippen LogP contribution in [0.2, 0.25) is 0 Å². The summed E-state index contributed by atoms with van der Waals surface area (Å²) in [7, 11) is 0. The molecule has 1 rings (SSSR count). The van der Waals surface area contributed by atoms with Gasteiger partial charge in [0.25, 0.3) is 0 Å². The van der Waals surface area contributed by atoms with Crippen LogP contribution in [0.3, 0.4) is 0 Å². The van der Waals surface area contributed by atoms with Crippen molar-refractivity contribution in [2.45, 2.75) is 58.7 Å². The summed E-state index contributed by atoms with van der Waals surface area (Å²) < 4.78 is 5.64. The van der Waals surface area contributed by atoms with Gasteiger partial charge in [0.15, 0.2) is 0 Å². The molecule has 1 aliphatic rings. The largest absolute Gasteiger partial charge is 0.377 e. The molecular formula is C13H28N2O. The third-order valence-electron chi connectivity index (χ3n) is 3.41. The maximum Gasteiger partial charge on any atom is 0.0597 e. The van der Waals surface area contributed by atoms with E-state index in [4.69, 9.17) is 4.74 Å². The zero-order chi connectivity index (χ0) is 12.0. The fourth-order valence-corrected chi connectivity index (χ4v) is 2.28. The Kier molecular flexibility index (Phi) is 6.32. The van der Waals surface area contributed by atoms with Gasteiger partial charge < -0.3 is 10.1 Å². The molecule has 0 aliphatic carbocycles. The van der Waals surface area contributed by atoms with Crippen molar-refractivity contribution in [1.29, 1.82) is 0 Å². The van der Waals surface area contributed by atoms with Gasteiger partial charge in [-0.3, -0.25) is 4.90 Å². The molecule has 16 heavy (non-hydrogen) atoms. The molecule has 0 radical (unpaired) electrons. The van der Waals surface area contributed by atoms with Gasteiger partial charge >= 0.3 is 0 Å². The Bertz CT molecular complexity index is 185. The highest BCUT2D eigenvalue weighted by atomic mass is 16.5. The third-order valence-corrected chi connectivity index (χ3v) is 3.41. The predicted octanol–water partition coefficient (Wildman–Crippen LogP) is 1.87. The fourth-order valence-electron chi connectivity index (χ4n) is 2.28. The molecule has 0 aromatic carbocycles. The molecule has 0 aromatic rings. The average molecular weight is 228 g/mol. The average Bonchev–Trinajstić information content (AvgIpc) is 2.28. The van der Waals surface area contributed by atoms with Crippen LogP contribution in [0.4, 0.5) is 0 Å². The van der Waals surface area contributed by atoms with E-state index in [1.807, 2.05) is 0 Å². The highest BCUT2D eigenvalue weighted by molar-refractivity contribution is 4.84. The number of ether oxygens (including phenoxy) is 1. The van der Waals surface area contributed by atoms with Crippen molar-refractivity contribution in [3.8, 4) is 0 Å². The second-order valence-electron chi connectivity index (χ2n) is 4.99. The van der Waals surface area contributed by atoms with Crippen LogP contribution < -0.4 is 5.32 Å². The Morgan fingerprint density at radius 3 is 2.62 bits per heavy atom. The standard InChI is InChI=1S/C13H28N2O/c1-5-12-10-15(7-8-16-11(3)4)13(6-2)9-14-12/h11-14H,5-10H2,1-4H3. The first-order valence-corrected chi connectivity index (χ1v) is 6.76. The summed E-state index contributed by atoms with van der Waals surface area (Å²) >= 11 is 0. The zero-order valence-electron chi connectivity index (χ0n) is 11.3. The van der Waals surface area contributed by atoms with Crippen LogP contribution in [0.1, 0.15) is 40.5 Å². The lowest BCUT2D eigenvalue weighted by Crippen LogP contribution is -2.56. The predicted molar refractivity (Wildman–Crippen MR) is 68.8 cm³/mol. The summed E-state index contributed by atoms with van der Waals surface area (Å²) in [6.07, 6.45) is 2.80. The number of hydrogen-bond acceptors (Lipinski definition) is 3. The van der Waals surface area contributed by atoms with E-state index in [0.717, 1.165) is 19.7 Å². The van der Waals surface area contributed by atoms with Crippen LogP contribution in [0.15, 0.2) is 0 Å². The van der Waals surface area contributed by atoms with Gasteiger partial charge in [-0.1, -0.05) is 13.8 Å². The molecule has 1 fully saturated rings. The van der Waals surface area contributed by atoms with Crippen LogP contribution in [-0.4, -0.2) is 49.3 Å². The van der Waals surface area contributed by atoms with Crippen molar-refractivity contribution in [3.05, 3.63) is 0 Å². The maximum atomic E-state index is 5.64. The van der Waals surface area contributed by atoms with E-state index in [0.29, 0.717) is 18.2 Å². The van der Waals surface area contributed by atoms with Crippen molar-refractivity contribution in [2.75, 3.05) is 26.2 Å². The molecule has 0 aromatic heterocycles. The third kappa shape index (κ3) is 4.40. The van der Waals surface area contributed by atoms with E-state index in [2.05, 4.69) is 37.9 Å². The Labute approximate surface area is 101 Å². The molecule has 1 N–H and O–H groups in total. The summed E-state index contributed by atoms with van der Waals surface area (Å²) in [4.78, 5) is 2.59. The molecule has 2 atom stereocenters. The van der Waals surface area contributed by atoms with Gasteiger partial charge in [0.05, 0.1) is 12.7 Å². The number of piperazine rings is 1. The summed E-state index contributed by atoms with van der Waals surface area (Å²) in [5.74, 6) is 0. The zero-order valence-corrected chi connectivity index (χ0v) is 11.3. The highest BCUT2D eigenvalue weighted by Gasteiger charge is 2.25. The maximum absolute atomic E-state index is 5.64. The Balaban J connectivity index is 2.33. The van der Waals surface area contributed by atoms with Crippen molar-refractivity contribution in [3.63, 3.8) is 0 Å². The Morgan fingerprint density at radius 2 is 2.06 bits per heavy atom. The number of nitrogens with one attached hydrogen (secondary N) is 1. The van der Waals surface area contributed by atoms with Crippen molar-refractivity contribution in [2.24, 2.45) is 0 Å². The van der Waals surface area contributed by atoms with Gasteiger partial charge in [-0.15, -0.1) is 0 Å². The number of nitrogens with zero attached hydrogens (tertiary/aromatic N) is 1. The van der Waals surface area contributed by atoms with Crippen LogP contribution in [-0.2, 0) is 4.74 Å². The smallest absolute Gasteiger partial charge is 0.0597 e. The molecule has 1 saturated heterocycles. The minimum absolute atomic E-state index is 0.352. The van der Waals surface area contributed by atoms with E-state index in [9.17, 15) is 0 Å². The van der Waals surface area contributed by atoms with E-state index < -0.39 is 0 Å². The summed E-state index contributed by atoms with van der Waals surface area (Å²) in [6, 6.07) is 1.36. The molecule has 1 aliphatic heterocycles. The lowest BCUT2D eigenvalue weighted by atomic mass is 10.1. The van der Waals surface area contributed by atoms with Crippen LogP contribution in [0.25, 0.3) is 0 Å². The van der Waals surface area contributed by atoms with E-state index in [1.54, 1.807) is 0 Å². The summed E-state index contributed by atoms with van der Waals surface area (Å²) in [5.41, 5.74) is 0. The highest BCUT2D eigenvalue weighted by Crippen LogP contribution is 2.11. The van der Waals surface area contributed by atoms with Gasteiger partial charge in [0.2, 0.25) is 0 Å². The molecule has 2 unspecified atom stereocenters. The van der Waals surface area contributed by atoms with Gasteiger partial charge in [-0.2, -0.15) is 0 Å². The molecular weight excluding hydrogens is 200 g/mol. The van der Waals surface area contributed by atoms with Crippen molar-refractivity contribution >= 4 is 0 Å². The van der Waals surface area contributed by atoms with Crippen LogP contribution >= 0.6 is 0 Å². The Hall–Kier alpha value is -0.120. The van der Waals surface area contributed by atoms with Gasteiger partial charge in [0.1, 0.15) is 0 Å². The van der Waals surface area contributed by atoms with Gasteiger partial charge in [0, 0.05) is 31.7 Å². The Morgan fingerprint density at radius 1 is 1.31 bits per heavy atom. The first-order valence-electron chi connectivity index (χ1n) is 6.76. The van der Waals surface area contributed by atoms with Gasteiger partial charge in [-0.05, 0) is 26.7 Å². The normalized spacial score (nSPS) is 27.6. The second-order valence-corrected chi connectivity index (χ2v) is 4.99. The molecule has 0 spiro atoms. The van der Waals surface area contributed by atoms with E-state index in [1.165, 1.54) is 19.4 Å². The quantitative estimate of drug-likeness (QED) is 0.751. The molecule has 96 valence electrons. The number of rotatable bonds is 6. The summed E-state index contributed by atoms with van der Waals surface area (Å²) in [6.45, 7) is 13.0. The fraction of sp³-hybridized carbons (Fsp3) is 1.00.